The van der Waals surface area contributed by atoms with Crippen molar-refractivity contribution in [2.75, 3.05) is 13.2 Å². The van der Waals surface area contributed by atoms with Gasteiger partial charge in [0.15, 0.2) is 28.8 Å². The maximum absolute atomic E-state index is 16.7. The number of hydrogen-bond acceptors (Lipinski definition) is 29. The largest absolute Gasteiger partial charge is 0.508 e. The van der Waals surface area contributed by atoms with Crippen molar-refractivity contribution in [2.24, 2.45) is 17.6 Å². The average molecular weight is 1670 g/mol. The number of carbonyl (C=O) groups excluding carboxylic acids is 9. The van der Waals surface area contributed by atoms with E-state index < -0.39 is 230 Å². The fourth-order valence-corrected chi connectivity index (χ4v) is 15.4. The van der Waals surface area contributed by atoms with Gasteiger partial charge in [-0.3, -0.25) is 33.6 Å². The van der Waals surface area contributed by atoms with E-state index >= 15 is 24.0 Å². The number of nitrogens with one attached hydrogen (secondary N) is 5. The van der Waals surface area contributed by atoms with Crippen molar-refractivity contribution < 1.29 is 138 Å². The van der Waals surface area contributed by atoms with Crippen LogP contribution in [-0.4, -0.2) is 189 Å². The summed E-state index contributed by atoms with van der Waals surface area (Å²) in [6.45, 7) is 1.80. The minimum absolute atomic E-state index is 0.0532. The molecule has 0 saturated carbocycles. The smallest absolute Gasteiger partial charge is 0.373 e. The third kappa shape index (κ3) is 19.2. The molecule has 8 heterocycles. The van der Waals surface area contributed by atoms with Gasteiger partial charge < -0.3 is 127 Å². The first-order chi connectivity index (χ1) is 56.3. The minimum atomic E-state index is -2.20. The van der Waals surface area contributed by atoms with Crippen molar-refractivity contribution in [2.45, 2.75) is 176 Å². The number of Topliss-reactive ketones (excluding diaryl/α,β-unsaturated/α-hetero) is 2. The lowest BCUT2D eigenvalue weighted by Gasteiger charge is -2.42. The molecule has 17 bridgehead atoms. The van der Waals surface area contributed by atoms with E-state index in [9.17, 15) is 70.9 Å². The molecule has 8 aliphatic heterocycles. The van der Waals surface area contributed by atoms with Crippen molar-refractivity contribution in [1.29, 1.82) is 0 Å². The van der Waals surface area contributed by atoms with Crippen molar-refractivity contribution in [3.05, 3.63) is 164 Å². The van der Waals surface area contributed by atoms with Crippen LogP contribution in [0.3, 0.4) is 0 Å². The molecular formula is C82H86Cl2N6O28. The number of hydrogen-bond donors (Lipinski definition) is 18. The summed E-state index contributed by atoms with van der Waals surface area (Å²) in [5, 5.41) is 149. The van der Waals surface area contributed by atoms with Crippen LogP contribution < -0.4 is 56.0 Å². The summed E-state index contributed by atoms with van der Waals surface area (Å²) in [5.41, 5.74) is 5.54. The molecule has 118 heavy (non-hydrogen) atoms. The summed E-state index contributed by atoms with van der Waals surface area (Å²) in [5.74, 6) is -15.6. The Labute approximate surface area is 682 Å². The third-order valence-corrected chi connectivity index (χ3v) is 21.7. The lowest BCUT2D eigenvalue weighted by molar-refractivity contribution is -0.277. The van der Waals surface area contributed by atoms with E-state index in [1.54, 1.807) is 0 Å². The van der Waals surface area contributed by atoms with E-state index in [1.165, 1.54) is 72.8 Å². The summed E-state index contributed by atoms with van der Waals surface area (Å²) < 4.78 is 44.6. The molecule has 19 N–H and O–H groups in total. The van der Waals surface area contributed by atoms with Gasteiger partial charge >= 0.3 is 6.15 Å². The molecule has 34 nitrogen and oxygen atoms in total. The lowest BCUT2D eigenvalue weighted by atomic mass is 9.80. The number of ether oxygens (including phenoxy) is 7. The van der Waals surface area contributed by atoms with Crippen LogP contribution in [-0.2, 0) is 65.6 Å². The van der Waals surface area contributed by atoms with Gasteiger partial charge in [-0.05, 0) is 130 Å². The highest BCUT2D eigenvalue weighted by Crippen LogP contribution is 2.51. The molecule has 626 valence electrons. The number of phenols is 4. The zero-order valence-corrected chi connectivity index (χ0v) is 64.6. The number of rotatable bonds is 14. The minimum Gasteiger partial charge on any atom is -0.508 e. The summed E-state index contributed by atoms with van der Waals surface area (Å²) in [4.78, 5) is 124. The fraction of sp³-hybridized carbons (Fsp3) is 0.390. The van der Waals surface area contributed by atoms with Gasteiger partial charge in [0.1, 0.15) is 119 Å². The Kier molecular flexibility index (Phi) is 27.3. The number of amides is 5. The molecule has 0 spiro atoms. The number of ketones is 2. The Morgan fingerprint density at radius 1 is 0.568 bits per heavy atom. The first kappa shape index (κ1) is 86.3. The highest BCUT2D eigenvalue weighted by Gasteiger charge is 2.49. The molecule has 0 aromatic heterocycles. The zero-order chi connectivity index (χ0) is 84.8. The van der Waals surface area contributed by atoms with Crippen LogP contribution in [0, 0.1) is 11.8 Å². The standard InChI is InChI=1S/C81H86Cl2N6O26.CO2/c1-34(2)7-5-3-4-6-8-63(98)87-68-72(102)70(100)61(32-90)113-80(68)115-75-59-25-40-26-60(75)111-56-16-12-38(23-49(56)83)69(99)47-30-53(96)45(36-10-13-51(94)46(22-36)64-41(31-85-76(47)105)20-43(93)28-58(64)112-81-74(104)73(103)71(101)62(33-91)114-81)29-54(97)66(40)88-79(108)67-39-19-42(92)27-44(21-39)109-57-24-37(11-14-52(57)95)65(84)78(107)86-50(77(106)89-67)18-35-9-15-55(110-59)48(82)17-35;2-1-3/h9-17,19-28,34,45,47,50,61-62,65-74,80-81,90-95,99-104H,3-8,18,29-33,84H2,1-2H3,(H,85,105)(H,86,107)(H,87,98)(H,88,108)(H,89,106);/t45-,47+,50-,61?,62?,65-,66-,67+,68+,69-,70?,71?,72-,73?,74?,80?,81?;/m1./s1. The number of fused-ring (bicyclic) bond motifs is 14. The van der Waals surface area contributed by atoms with Gasteiger partial charge in [-0.1, -0.05) is 87.0 Å². The van der Waals surface area contributed by atoms with Crippen LogP contribution in [0.1, 0.15) is 134 Å². The Bertz CT molecular complexity index is 5010. The SMILES string of the molecule is CC(C)CCCCCCC(=O)N[C@@H]1C(Oc2c3cc4cc2Oc2ccc(cc2Cl)[C@@H](O)[C@@H]2CC(=O)[C@H](CC(=O)[C@@H]4NC(=O)[C@H]4NC(=O)[C@@H](Cc5ccc(c(Cl)c5)O3)NC(=O)[C@H](N)c3ccc(O)c(c3)Oc3cc(O)cc4c3)c3ccc(O)c(c3)-c3c(cc(O)cc3OC3OC(CO)C(O)C(O)C3O)CNC2=O)OC(CO)C(O)[C@@H]1O.O=C=O. The van der Waals surface area contributed by atoms with Crippen molar-refractivity contribution in [3.63, 3.8) is 0 Å². The van der Waals surface area contributed by atoms with Gasteiger partial charge in [-0.2, -0.15) is 9.59 Å². The van der Waals surface area contributed by atoms with E-state index in [0.717, 1.165) is 61.7 Å². The van der Waals surface area contributed by atoms with Gasteiger partial charge in [-0.25, -0.2) is 0 Å². The zero-order valence-electron chi connectivity index (χ0n) is 63.1. The summed E-state index contributed by atoms with van der Waals surface area (Å²) in [6.07, 6.45) is -17.1. The topological polar surface area (TPSA) is 547 Å². The van der Waals surface area contributed by atoms with E-state index in [-0.39, 0.29) is 95.7 Å². The average Bonchev–Trinajstić information content (AvgIpc) is 0.768. The molecule has 0 radical (unpaired) electrons. The van der Waals surface area contributed by atoms with E-state index in [2.05, 4.69) is 40.4 Å². The number of halogens is 2. The first-order valence-electron chi connectivity index (χ1n) is 37.7. The second-order valence-corrected chi connectivity index (χ2v) is 30.6. The number of nitrogens with two attached hydrogens (primary N) is 1. The summed E-state index contributed by atoms with van der Waals surface area (Å²) in [6, 6.07) is 13.9. The molecule has 7 aromatic rings. The molecule has 36 heteroatoms. The molecule has 17 atom stereocenters. The maximum atomic E-state index is 16.7. The van der Waals surface area contributed by atoms with E-state index in [4.69, 9.17) is 71.7 Å². The van der Waals surface area contributed by atoms with Gasteiger partial charge in [0.25, 0.3) is 0 Å². The Hall–Kier alpha value is -11.0. The van der Waals surface area contributed by atoms with Gasteiger partial charge in [0.2, 0.25) is 47.9 Å². The second-order valence-electron chi connectivity index (χ2n) is 29.8. The molecule has 5 amide bonds. The van der Waals surface area contributed by atoms with Crippen LogP contribution in [0.5, 0.6) is 69.0 Å². The van der Waals surface area contributed by atoms with Crippen LogP contribution in [0.15, 0.2) is 115 Å². The molecule has 7 aromatic carbocycles. The normalized spacial score (nSPS) is 26.3. The van der Waals surface area contributed by atoms with E-state index in [0.29, 0.717) is 18.8 Å². The van der Waals surface area contributed by atoms with Gasteiger partial charge in [-0.15, -0.1) is 0 Å². The third-order valence-electron chi connectivity index (χ3n) is 21.2. The number of aliphatic hydroxyl groups excluding tert-OH is 8. The van der Waals surface area contributed by atoms with Crippen molar-refractivity contribution >= 4 is 70.5 Å². The number of carbonyl (C=O) groups is 7. The van der Waals surface area contributed by atoms with Gasteiger partial charge in [0.05, 0.1) is 35.3 Å². The Morgan fingerprint density at radius 3 is 1.87 bits per heavy atom. The molecule has 2 saturated heterocycles. The quantitative estimate of drug-likeness (QED) is 0.0649. The van der Waals surface area contributed by atoms with Crippen molar-refractivity contribution in [1.82, 2.24) is 26.6 Å². The fourth-order valence-electron chi connectivity index (χ4n) is 14.9. The van der Waals surface area contributed by atoms with Crippen LogP contribution in [0.4, 0.5) is 0 Å². The predicted octanol–water partition coefficient (Wildman–Crippen LogP) is 4.82. The molecule has 8 unspecified atom stereocenters. The first-order valence-corrected chi connectivity index (χ1v) is 38.5. The van der Waals surface area contributed by atoms with E-state index in [1.807, 2.05) is 0 Å². The number of benzene rings is 7. The molecular weight excluding hydrogens is 1590 g/mol. The molecule has 0 aliphatic carbocycles. The van der Waals surface area contributed by atoms with Crippen LogP contribution in [0.2, 0.25) is 10.0 Å². The second kappa shape index (κ2) is 37.3. The highest BCUT2D eigenvalue weighted by molar-refractivity contribution is 6.32. The summed E-state index contributed by atoms with van der Waals surface area (Å²) in [7, 11) is 0. The lowest BCUT2D eigenvalue weighted by Crippen LogP contribution is -2.65. The molecule has 8 aliphatic rings. The van der Waals surface area contributed by atoms with Crippen molar-refractivity contribution in [3.8, 4) is 80.1 Å². The summed E-state index contributed by atoms with van der Waals surface area (Å²) >= 11 is 14.4. The predicted molar refractivity (Wildman–Crippen MR) is 410 cm³/mol. The molecule has 15 rings (SSSR count). The Morgan fingerprint density at radius 2 is 1.19 bits per heavy atom. The van der Waals surface area contributed by atoms with Crippen LogP contribution >= 0.6 is 23.2 Å². The number of aromatic hydroxyl groups is 4. The maximum Gasteiger partial charge on any atom is 0.373 e. The Balaban J connectivity index is 0.00000420. The van der Waals surface area contributed by atoms with Gasteiger partial charge in [0, 0.05) is 61.4 Å². The number of unbranched alkanes of at least 4 members (excludes halogenated alkanes) is 3. The number of phenolic OH excluding ortho intramolecular Hbond substituents is 4. The highest BCUT2D eigenvalue weighted by atomic mass is 35.5. The molecule has 2 fully saturated rings. The number of aliphatic hydroxyl groups is 8. The van der Waals surface area contributed by atoms with Crippen LogP contribution in [0.25, 0.3) is 11.1 Å². The monoisotopic (exact) mass is 1670 g/mol.